The maximum atomic E-state index is 12.8. The van der Waals surface area contributed by atoms with Crippen LogP contribution in [-0.2, 0) is 0 Å². The van der Waals surface area contributed by atoms with Gasteiger partial charge >= 0.3 is 0 Å². The molecule has 1 atom stereocenters. The first-order valence-corrected chi connectivity index (χ1v) is 9.09. The van der Waals surface area contributed by atoms with Crippen molar-refractivity contribution in [3.8, 4) is 16.3 Å². The molecule has 3 aromatic rings. The molecule has 1 amide bonds. The zero-order valence-electron chi connectivity index (χ0n) is 13.9. The minimum atomic E-state index is -0.0705. The molecule has 2 aromatic carbocycles. The fourth-order valence-electron chi connectivity index (χ4n) is 3.03. The van der Waals surface area contributed by atoms with Crippen molar-refractivity contribution in [3.05, 3.63) is 70.7 Å². The number of carbonyl (C=O) groups is 1. The van der Waals surface area contributed by atoms with Gasteiger partial charge in [0.25, 0.3) is 5.91 Å². The maximum Gasteiger partial charge on any atom is 0.263 e. The lowest BCUT2D eigenvalue weighted by molar-refractivity contribution is 0.0928. The van der Waals surface area contributed by atoms with Crippen LogP contribution in [0.15, 0.2) is 54.6 Å². The second-order valence-electron chi connectivity index (χ2n) is 6.00. The maximum absolute atomic E-state index is 12.8. The molecule has 0 radical (unpaired) electrons. The topological polar surface area (TPSA) is 51.2 Å². The van der Waals surface area contributed by atoms with Gasteiger partial charge in [0.2, 0.25) is 0 Å². The summed E-state index contributed by atoms with van der Waals surface area (Å²) in [5, 5.41) is 4.02. The lowest BCUT2D eigenvalue weighted by atomic mass is 10.0. The molecule has 126 valence electrons. The Morgan fingerprint density at radius 2 is 1.92 bits per heavy atom. The van der Waals surface area contributed by atoms with E-state index in [2.05, 4.69) is 10.3 Å². The molecule has 25 heavy (non-hydrogen) atoms. The monoisotopic (exact) mass is 350 g/mol. The molecule has 1 unspecified atom stereocenters. The highest BCUT2D eigenvalue weighted by molar-refractivity contribution is 7.17. The number of carbonyl (C=O) groups excluding carboxylic acids is 1. The minimum absolute atomic E-state index is 0.0286. The van der Waals surface area contributed by atoms with E-state index in [-0.39, 0.29) is 11.9 Å². The van der Waals surface area contributed by atoms with Crippen molar-refractivity contribution in [2.45, 2.75) is 19.4 Å². The second kappa shape index (κ2) is 6.69. The molecule has 1 aliphatic rings. The third kappa shape index (κ3) is 3.15. The summed E-state index contributed by atoms with van der Waals surface area (Å²) >= 11 is 1.44. The van der Waals surface area contributed by atoms with Crippen LogP contribution < -0.4 is 10.1 Å². The van der Waals surface area contributed by atoms with Gasteiger partial charge in [0, 0.05) is 17.5 Å². The molecule has 0 aliphatic carbocycles. The van der Waals surface area contributed by atoms with Crippen LogP contribution in [0.3, 0.4) is 0 Å². The van der Waals surface area contributed by atoms with Crippen molar-refractivity contribution in [2.75, 3.05) is 6.61 Å². The number of ether oxygens (including phenoxy) is 1. The van der Waals surface area contributed by atoms with Crippen LogP contribution >= 0.6 is 11.3 Å². The van der Waals surface area contributed by atoms with E-state index in [0.29, 0.717) is 11.5 Å². The van der Waals surface area contributed by atoms with Crippen LogP contribution in [-0.4, -0.2) is 17.5 Å². The summed E-state index contributed by atoms with van der Waals surface area (Å²) in [6, 6.07) is 17.8. The van der Waals surface area contributed by atoms with E-state index in [4.69, 9.17) is 4.74 Å². The summed E-state index contributed by atoms with van der Waals surface area (Å²) < 4.78 is 5.67. The van der Waals surface area contributed by atoms with E-state index in [0.717, 1.165) is 34.0 Å². The molecule has 5 heteroatoms. The van der Waals surface area contributed by atoms with Gasteiger partial charge in [-0.15, -0.1) is 11.3 Å². The number of aryl methyl sites for hydroxylation is 1. The van der Waals surface area contributed by atoms with Crippen LogP contribution in [0.5, 0.6) is 5.75 Å². The Balaban J connectivity index is 1.58. The molecule has 1 aliphatic heterocycles. The van der Waals surface area contributed by atoms with E-state index in [9.17, 15) is 4.79 Å². The third-order valence-electron chi connectivity index (χ3n) is 4.29. The van der Waals surface area contributed by atoms with Gasteiger partial charge in [0.1, 0.15) is 15.6 Å². The van der Waals surface area contributed by atoms with E-state index in [1.807, 2.05) is 61.5 Å². The van der Waals surface area contributed by atoms with Gasteiger partial charge in [-0.2, -0.15) is 0 Å². The van der Waals surface area contributed by atoms with Crippen LogP contribution in [0.4, 0.5) is 0 Å². The molecular formula is C20H18N2O2S. The number of aromatic nitrogens is 1. The summed E-state index contributed by atoms with van der Waals surface area (Å²) in [6.45, 7) is 2.49. The average Bonchev–Trinajstić information content (AvgIpc) is 3.05. The standard InChI is InChI=1S/C20H18N2O2S/c1-13-18(25-20(21-13)14-7-3-2-4-8-14)19(23)22-16-11-12-24-17-10-6-5-9-15(16)17/h2-10,16H,11-12H2,1H3,(H,22,23). The third-order valence-corrected chi connectivity index (χ3v) is 5.49. The van der Waals surface area contributed by atoms with Crippen molar-refractivity contribution < 1.29 is 9.53 Å². The van der Waals surface area contributed by atoms with Crippen LogP contribution in [0, 0.1) is 6.92 Å². The average molecular weight is 350 g/mol. The summed E-state index contributed by atoms with van der Waals surface area (Å²) in [5.41, 5.74) is 2.83. The minimum Gasteiger partial charge on any atom is -0.493 e. The molecular weight excluding hydrogens is 332 g/mol. The molecule has 4 rings (SSSR count). The molecule has 0 bridgehead atoms. The molecule has 4 nitrogen and oxygen atoms in total. The number of hydrogen-bond acceptors (Lipinski definition) is 4. The second-order valence-corrected chi connectivity index (χ2v) is 7.00. The number of fused-ring (bicyclic) bond motifs is 1. The van der Waals surface area contributed by atoms with Gasteiger partial charge in [0.05, 0.1) is 18.3 Å². The highest BCUT2D eigenvalue weighted by Crippen LogP contribution is 2.33. The van der Waals surface area contributed by atoms with E-state index < -0.39 is 0 Å². The summed E-state index contributed by atoms with van der Waals surface area (Å²) in [5.74, 6) is 0.781. The number of benzene rings is 2. The summed E-state index contributed by atoms with van der Waals surface area (Å²) in [6.07, 6.45) is 0.770. The quantitative estimate of drug-likeness (QED) is 0.763. The van der Waals surface area contributed by atoms with Crippen molar-refractivity contribution in [1.29, 1.82) is 0 Å². The zero-order chi connectivity index (χ0) is 17.2. The number of thiazole rings is 1. The molecule has 1 aromatic heterocycles. The van der Waals surface area contributed by atoms with Crippen molar-refractivity contribution >= 4 is 17.2 Å². The van der Waals surface area contributed by atoms with Gasteiger partial charge in [-0.25, -0.2) is 4.98 Å². The smallest absolute Gasteiger partial charge is 0.263 e. The first kappa shape index (κ1) is 15.8. The lowest BCUT2D eigenvalue weighted by Crippen LogP contribution is -2.32. The normalized spacial score (nSPS) is 16.0. The highest BCUT2D eigenvalue weighted by Gasteiger charge is 2.25. The predicted octanol–water partition coefficient (Wildman–Crippen LogP) is 4.37. The molecule has 0 fully saturated rings. The van der Waals surface area contributed by atoms with Gasteiger partial charge < -0.3 is 10.1 Å². The summed E-state index contributed by atoms with van der Waals surface area (Å²) in [7, 11) is 0. The van der Waals surface area contributed by atoms with E-state index in [1.54, 1.807) is 0 Å². The lowest BCUT2D eigenvalue weighted by Gasteiger charge is -2.26. The Labute approximate surface area is 150 Å². The van der Waals surface area contributed by atoms with E-state index in [1.165, 1.54) is 11.3 Å². The Hall–Kier alpha value is -2.66. The molecule has 0 spiro atoms. The van der Waals surface area contributed by atoms with E-state index >= 15 is 0 Å². The first-order valence-electron chi connectivity index (χ1n) is 8.28. The highest BCUT2D eigenvalue weighted by atomic mass is 32.1. The number of nitrogens with one attached hydrogen (secondary N) is 1. The van der Waals surface area contributed by atoms with Crippen LogP contribution in [0.25, 0.3) is 10.6 Å². The van der Waals surface area contributed by atoms with Crippen LogP contribution in [0.2, 0.25) is 0 Å². The number of hydrogen-bond donors (Lipinski definition) is 1. The van der Waals surface area contributed by atoms with Crippen molar-refractivity contribution in [1.82, 2.24) is 10.3 Å². The Morgan fingerprint density at radius 1 is 1.16 bits per heavy atom. The fourth-order valence-corrected chi connectivity index (χ4v) is 4.00. The summed E-state index contributed by atoms with van der Waals surface area (Å²) in [4.78, 5) is 18.0. The number of rotatable bonds is 3. The number of nitrogens with zero attached hydrogens (tertiary/aromatic N) is 1. The number of para-hydroxylation sites is 1. The van der Waals surface area contributed by atoms with Gasteiger partial charge in [-0.3, -0.25) is 4.79 Å². The van der Waals surface area contributed by atoms with Gasteiger partial charge in [-0.05, 0) is 13.0 Å². The first-order chi connectivity index (χ1) is 12.2. The fraction of sp³-hybridized carbons (Fsp3) is 0.200. The molecule has 0 saturated carbocycles. The Kier molecular flexibility index (Phi) is 4.24. The van der Waals surface area contributed by atoms with Crippen molar-refractivity contribution in [3.63, 3.8) is 0 Å². The molecule has 1 N–H and O–H groups in total. The van der Waals surface area contributed by atoms with Gasteiger partial charge in [-0.1, -0.05) is 48.5 Å². The largest absolute Gasteiger partial charge is 0.493 e. The van der Waals surface area contributed by atoms with Crippen molar-refractivity contribution in [2.24, 2.45) is 0 Å². The van der Waals surface area contributed by atoms with Crippen LogP contribution in [0.1, 0.15) is 33.4 Å². The Bertz CT molecular complexity index is 905. The predicted molar refractivity (Wildman–Crippen MR) is 99.0 cm³/mol. The SMILES string of the molecule is Cc1nc(-c2ccccc2)sc1C(=O)NC1CCOc2ccccc21. The van der Waals surface area contributed by atoms with Gasteiger partial charge in [0.15, 0.2) is 0 Å². The zero-order valence-corrected chi connectivity index (χ0v) is 14.7. The number of amides is 1. The molecule has 0 saturated heterocycles. The Morgan fingerprint density at radius 3 is 2.76 bits per heavy atom. The molecule has 2 heterocycles.